The van der Waals surface area contributed by atoms with Crippen LogP contribution in [0.15, 0.2) is 12.2 Å². The smallest absolute Gasteiger partial charge is 0.174 e. The Bertz CT molecular complexity index is 222. The Morgan fingerprint density at radius 1 is 1.08 bits per heavy atom. The van der Waals surface area contributed by atoms with Crippen molar-refractivity contribution in [2.45, 2.75) is 31.5 Å². The molecule has 0 aromatic heterocycles. The summed E-state index contributed by atoms with van der Waals surface area (Å²) in [6, 6.07) is 0. The zero-order valence-electron chi connectivity index (χ0n) is 7.92. The van der Waals surface area contributed by atoms with Crippen LogP contribution in [0, 0.1) is 11.8 Å². The van der Waals surface area contributed by atoms with Crippen molar-refractivity contribution in [3.63, 3.8) is 0 Å². The summed E-state index contributed by atoms with van der Waals surface area (Å²) in [6.07, 6.45) is 4.78. The molecule has 1 spiro atoms. The van der Waals surface area contributed by atoms with Crippen LogP contribution in [0.5, 0.6) is 0 Å². The van der Waals surface area contributed by atoms with Crippen LogP contribution in [-0.4, -0.2) is 19.0 Å². The van der Waals surface area contributed by atoms with E-state index in [1.165, 1.54) is 18.4 Å². The molecule has 2 nitrogen and oxygen atoms in total. The summed E-state index contributed by atoms with van der Waals surface area (Å²) in [4.78, 5) is 0. The van der Waals surface area contributed by atoms with Crippen LogP contribution in [-0.2, 0) is 9.47 Å². The van der Waals surface area contributed by atoms with Crippen molar-refractivity contribution in [1.29, 1.82) is 0 Å². The summed E-state index contributed by atoms with van der Waals surface area (Å²) in [5.74, 6) is 1.02. The summed E-state index contributed by atoms with van der Waals surface area (Å²) in [7, 11) is 0. The van der Waals surface area contributed by atoms with E-state index in [2.05, 4.69) is 6.58 Å². The van der Waals surface area contributed by atoms with Crippen molar-refractivity contribution >= 4 is 0 Å². The lowest BCUT2D eigenvalue weighted by molar-refractivity contribution is -0.215. The minimum absolute atomic E-state index is 0.179. The quantitative estimate of drug-likeness (QED) is 0.531. The van der Waals surface area contributed by atoms with Crippen molar-refractivity contribution in [3.8, 4) is 0 Å². The molecule has 3 fully saturated rings. The van der Waals surface area contributed by atoms with Gasteiger partial charge in [0, 0.05) is 11.8 Å². The van der Waals surface area contributed by atoms with Crippen LogP contribution in [0.4, 0.5) is 0 Å². The fraction of sp³-hybridized carbons (Fsp3) is 0.818. The molecule has 0 N–H and O–H groups in total. The highest BCUT2D eigenvalue weighted by Crippen LogP contribution is 2.54. The van der Waals surface area contributed by atoms with Crippen molar-refractivity contribution in [2.75, 3.05) is 13.2 Å². The van der Waals surface area contributed by atoms with Crippen LogP contribution < -0.4 is 0 Å². The van der Waals surface area contributed by atoms with Crippen LogP contribution in [0.25, 0.3) is 0 Å². The van der Waals surface area contributed by atoms with Gasteiger partial charge in [0.2, 0.25) is 0 Å². The fourth-order valence-corrected chi connectivity index (χ4v) is 3.32. The van der Waals surface area contributed by atoms with Gasteiger partial charge in [-0.2, -0.15) is 0 Å². The average Bonchev–Trinajstić information content (AvgIpc) is 2.63. The molecule has 0 radical (unpaired) electrons. The minimum Gasteiger partial charge on any atom is -0.347 e. The number of ether oxygens (including phenoxy) is 2. The molecule has 2 heteroatoms. The van der Waals surface area contributed by atoms with Gasteiger partial charge in [0.1, 0.15) is 0 Å². The first kappa shape index (κ1) is 8.01. The topological polar surface area (TPSA) is 18.5 Å². The summed E-state index contributed by atoms with van der Waals surface area (Å²) >= 11 is 0. The van der Waals surface area contributed by atoms with Crippen molar-refractivity contribution in [1.82, 2.24) is 0 Å². The first-order valence-electron chi connectivity index (χ1n) is 5.26. The lowest BCUT2D eigenvalue weighted by Gasteiger charge is -2.39. The molecule has 1 heterocycles. The van der Waals surface area contributed by atoms with Gasteiger partial charge in [-0.1, -0.05) is 12.2 Å². The van der Waals surface area contributed by atoms with Crippen molar-refractivity contribution < 1.29 is 9.47 Å². The second-order valence-corrected chi connectivity index (χ2v) is 4.55. The van der Waals surface area contributed by atoms with Gasteiger partial charge in [0.25, 0.3) is 0 Å². The summed E-state index contributed by atoms with van der Waals surface area (Å²) in [5.41, 5.74) is 1.40. The van der Waals surface area contributed by atoms with Gasteiger partial charge in [-0.25, -0.2) is 0 Å². The maximum absolute atomic E-state index is 5.85. The zero-order chi connectivity index (χ0) is 8.89. The van der Waals surface area contributed by atoms with E-state index in [1.54, 1.807) is 0 Å². The Hall–Kier alpha value is -0.340. The number of rotatable bonds is 0. The molecule has 2 atom stereocenters. The van der Waals surface area contributed by atoms with E-state index >= 15 is 0 Å². The lowest BCUT2D eigenvalue weighted by Crippen LogP contribution is -2.44. The molecule has 2 aliphatic carbocycles. The minimum atomic E-state index is -0.179. The third-order valence-corrected chi connectivity index (χ3v) is 3.81. The van der Waals surface area contributed by atoms with Crippen LogP contribution >= 0.6 is 0 Å². The Labute approximate surface area is 78.9 Å². The van der Waals surface area contributed by atoms with E-state index in [1.807, 2.05) is 0 Å². The molecule has 3 aliphatic rings. The van der Waals surface area contributed by atoms with Crippen molar-refractivity contribution in [3.05, 3.63) is 12.2 Å². The highest BCUT2D eigenvalue weighted by molar-refractivity contribution is 5.12. The molecular weight excluding hydrogens is 164 g/mol. The Morgan fingerprint density at radius 3 is 2.15 bits per heavy atom. The van der Waals surface area contributed by atoms with E-state index in [4.69, 9.17) is 9.47 Å². The average molecular weight is 180 g/mol. The Kier molecular flexibility index (Phi) is 1.59. The van der Waals surface area contributed by atoms with Crippen LogP contribution in [0.2, 0.25) is 0 Å². The third kappa shape index (κ3) is 0.960. The predicted molar refractivity (Wildman–Crippen MR) is 49.2 cm³/mol. The van der Waals surface area contributed by atoms with Gasteiger partial charge >= 0.3 is 0 Å². The molecule has 2 bridgehead atoms. The van der Waals surface area contributed by atoms with Gasteiger partial charge in [-0.05, 0) is 25.7 Å². The third-order valence-electron chi connectivity index (χ3n) is 3.81. The van der Waals surface area contributed by atoms with E-state index in [0.717, 1.165) is 26.1 Å². The number of allylic oxidation sites excluding steroid dienone is 1. The second-order valence-electron chi connectivity index (χ2n) is 4.55. The second kappa shape index (κ2) is 2.58. The SMILES string of the molecule is C=C1CC2CCC(C1)C21OCCO1. The monoisotopic (exact) mass is 180 g/mol. The van der Waals surface area contributed by atoms with Gasteiger partial charge < -0.3 is 9.47 Å². The summed E-state index contributed by atoms with van der Waals surface area (Å²) in [5, 5.41) is 0. The lowest BCUT2D eigenvalue weighted by atomic mass is 9.80. The highest BCUT2D eigenvalue weighted by atomic mass is 16.7. The maximum Gasteiger partial charge on any atom is 0.174 e. The molecule has 0 aromatic rings. The maximum atomic E-state index is 5.85. The van der Waals surface area contributed by atoms with Gasteiger partial charge in [-0.3, -0.25) is 0 Å². The van der Waals surface area contributed by atoms with E-state index in [0.29, 0.717) is 11.8 Å². The normalized spacial score (nSPS) is 41.7. The zero-order valence-corrected chi connectivity index (χ0v) is 7.92. The molecule has 2 saturated carbocycles. The number of hydrogen-bond acceptors (Lipinski definition) is 2. The molecule has 3 rings (SSSR count). The Balaban J connectivity index is 1.93. The van der Waals surface area contributed by atoms with Gasteiger partial charge in [-0.15, -0.1) is 0 Å². The molecule has 0 aromatic carbocycles. The van der Waals surface area contributed by atoms with E-state index < -0.39 is 0 Å². The van der Waals surface area contributed by atoms with Crippen molar-refractivity contribution in [2.24, 2.45) is 11.8 Å². The first-order valence-corrected chi connectivity index (χ1v) is 5.26. The molecule has 0 amide bonds. The van der Waals surface area contributed by atoms with Gasteiger partial charge in [0.15, 0.2) is 5.79 Å². The fourth-order valence-electron chi connectivity index (χ4n) is 3.32. The molecule has 1 aliphatic heterocycles. The molecule has 72 valence electrons. The first-order chi connectivity index (χ1) is 6.31. The highest BCUT2D eigenvalue weighted by Gasteiger charge is 2.56. The predicted octanol–water partition coefficient (Wildman–Crippen LogP) is 2.11. The van der Waals surface area contributed by atoms with E-state index in [-0.39, 0.29) is 5.79 Å². The largest absolute Gasteiger partial charge is 0.347 e. The van der Waals surface area contributed by atoms with Crippen LogP contribution in [0.1, 0.15) is 25.7 Å². The standard InChI is InChI=1S/C11H16O2/c1-8-6-9-2-3-10(7-8)11(9)12-4-5-13-11/h9-10H,1-7H2. The Morgan fingerprint density at radius 2 is 1.62 bits per heavy atom. The summed E-state index contributed by atoms with van der Waals surface area (Å²) < 4.78 is 11.7. The number of hydrogen-bond donors (Lipinski definition) is 0. The van der Waals surface area contributed by atoms with E-state index in [9.17, 15) is 0 Å². The van der Waals surface area contributed by atoms with Crippen LogP contribution in [0.3, 0.4) is 0 Å². The van der Waals surface area contributed by atoms with Gasteiger partial charge in [0.05, 0.1) is 13.2 Å². The molecular formula is C11H16O2. The molecule has 1 saturated heterocycles. The molecule has 13 heavy (non-hydrogen) atoms. The molecule has 2 unspecified atom stereocenters. The summed E-state index contributed by atoms with van der Waals surface area (Å²) in [6.45, 7) is 5.68.